The summed E-state index contributed by atoms with van der Waals surface area (Å²) < 4.78 is 1.93. The van der Waals surface area contributed by atoms with Gasteiger partial charge < -0.3 is 14.8 Å². The quantitative estimate of drug-likeness (QED) is 0.486. The number of rotatable bonds is 6. The minimum Gasteiger partial charge on any atom is -0.341 e. The van der Waals surface area contributed by atoms with Crippen LogP contribution in [0.3, 0.4) is 0 Å². The molecule has 0 saturated carbocycles. The number of imidazole rings is 1. The van der Waals surface area contributed by atoms with Crippen molar-refractivity contribution in [3.05, 3.63) is 53.1 Å². The van der Waals surface area contributed by atoms with Gasteiger partial charge >= 0.3 is 0 Å². The molecule has 2 unspecified atom stereocenters. The van der Waals surface area contributed by atoms with Gasteiger partial charge in [-0.3, -0.25) is 9.59 Å². The van der Waals surface area contributed by atoms with Gasteiger partial charge in [-0.05, 0) is 55.0 Å². The van der Waals surface area contributed by atoms with E-state index in [-0.39, 0.29) is 24.1 Å². The molecule has 0 aliphatic carbocycles. The van der Waals surface area contributed by atoms with Crippen molar-refractivity contribution in [2.45, 2.75) is 38.9 Å². The average molecular weight is 485 g/mol. The Morgan fingerprint density at radius 3 is 2.61 bits per heavy atom. The molecule has 2 heterocycles. The molecule has 1 saturated heterocycles. The van der Waals surface area contributed by atoms with Crippen molar-refractivity contribution < 1.29 is 9.59 Å². The van der Waals surface area contributed by atoms with Gasteiger partial charge in [0.05, 0.1) is 16.8 Å². The van der Waals surface area contributed by atoms with Crippen LogP contribution in [0, 0.1) is 18.8 Å². The lowest BCUT2D eigenvalue weighted by Gasteiger charge is -2.35. The number of aromatic nitrogens is 2. The highest BCUT2D eigenvalue weighted by Crippen LogP contribution is 2.26. The number of anilines is 1. The Morgan fingerprint density at radius 1 is 1.15 bits per heavy atom. The molecule has 4 rings (SSSR count). The number of hydrogen-bond donors (Lipinski definition) is 1. The van der Waals surface area contributed by atoms with E-state index >= 15 is 0 Å². The largest absolute Gasteiger partial charge is 0.341 e. The van der Waals surface area contributed by atoms with Crippen LogP contribution in [-0.4, -0.2) is 45.1 Å². The van der Waals surface area contributed by atoms with E-state index in [1.165, 1.54) is 11.8 Å². The van der Waals surface area contributed by atoms with Gasteiger partial charge in [-0.25, -0.2) is 4.98 Å². The predicted octanol–water partition coefficient (Wildman–Crippen LogP) is 5.23. The number of likely N-dealkylation sites (tertiary alicyclic amines) is 1. The molecule has 6 nitrogen and oxygen atoms in total. The second-order valence-electron chi connectivity index (χ2n) is 9.01. The van der Waals surface area contributed by atoms with Crippen molar-refractivity contribution in [1.29, 1.82) is 0 Å². The number of benzene rings is 2. The number of amides is 2. The molecule has 1 N–H and O–H groups in total. The number of aryl methyl sites for hydroxylation is 1. The number of hydrogen-bond acceptors (Lipinski definition) is 4. The highest BCUT2D eigenvalue weighted by Gasteiger charge is 2.26. The van der Waals surface area contributed by atoms with Gasteiger partial charge in [-0.2, -0.15) is 0 Å². The molecule has 0 bridgehead atoms. The third-order valence-electron chi connectivity index (χ3n) is 5.92. The van der Waals surface area contributed by atoms with E-state index in [4.69, 9.17) is 16.6 Å². The highest BCUT2D eigenvalue weighted by atomic mass is 35.5. The van der Waals surface area contributed by atoms with E-state index in [0.717, 1.165) is 36.1 Å². The number of halogens is 1. The molecule has 33 heavy (non-hydrogen) atoms. The summed E-state index contributed by atoms with van der Waals surface area (Å²) in [6, 6.07) is 13.2. The molecule has 1 aliphatic heterocycles. The van der Waals surface area contributed by atoms with E-state index in [9.17, 15) is 9.59 Å². The molecule has 1 aromatic heterocycles. The molecule has 3 aromatic rings. The lowest BCUT2D eigenvalue weighted by Crippen LogP contribution is -2.44. The number of thioether (sulfide) groups is 1. The molecule has 1 fully saturated rings. The first-order chi connectivity index (χ1) is 15.8. The molecular weight excluding hydrogens is 456 g/mol. The molecule has 1 aliphatic rings. The third kappa shape index (κ3) is 5.71. The number of piperidine rings is 1. The first-order valence-corrected chi connectivity index (χ1v) is 12.6. The molecule has 0 spiro atoms. The van der Waals surface area contributed by atoms with Crippen LogP contribution in [0.1, 0.15) is 25.8 Å². The van der Waals surface area contributed by atoms with E-state index in [0.29, 0.717) is 27.7 Å². The van der Waals surface area contributed by atoms with E-state index in [2.05, 4.69) is 19.2 Å². The van der Waals surface area contributed by atoms with Crippen molar-refractivity contribution in [1.82, 2.24) is 14.5 Å². The summed E-state index contributed by atoms with van der Waals surface area (Å²) >= 11 is 7.49. The number of carbonyl (C=O) groups is 2. The first-order valence-electron chi connectivity index (χ1n) is 11.2. The Labute approximate surface area is 203 Å². The molecule has 174 valence electrons. The summed E-state index contributed by atoms with van der Waals surface area (Å²) in [5.41, 5.74) is 3.34. The van der Waals surface area contributed by atoms with Crippen LogP contribution in [-0.2, 0) is 16.1 Å². The number of nitrogens with zero attached hydrogens (tertiary/aromatic N) is 3. The summed E-state index contributed by atoms with van der Waals surface area (Å²) in [5.74, 6) is 1.14. The summed E-state index contributed by atoms with van der Waals surface area (Å²) in [5, 5.41) is 4.16. The van der Waals surface area contributed by atoms with Gasteiger partial charge in [0.15, 0.2) is 5.16 Å². The van der Waals surface area contributed by atoms with Crippen LogP contribution in [0.4, 0.5) is 5.69 Å². The van der Waals surface area contributed by atoms with Crippen LogP contribution in [0.25, 0.3) is 11.0 Å². The van der Waals surface area contributed by atoms with Crippen LogP contribution < -0.4 is 5.32 Å². The fourth-order valence-corrected chi connectivity index (χ4v) is 5.41. The average Bonchev–Trinajstić information content (AvgIpc) is 3.11. The monoisotopic (exact) mass is 484 g/mol. The maximum Gasteiger partial charge on any atom is 0.242 e. The topological polar surface area (TPSA) is 67.2 Å². The van der Waals surface area contributed by atoms with Crippen molar-refractivity contribution in [3.63, 3.8) is 0 Å². The second kappa shape index (κ2) is 10.2. The summed E-state index contributed by atoms with van der Waals surface area (Å²) in [6.45, 7) is 8.12. The normalized spacial score (nSPS) is 18.5. The Hall–Kier alpha value is -2.51. The maximum atomic E-state index is 13.2. The zero-order chi connectivity index (χ0) is 23.5. The van der Waals surface area contributed by atoms with E-state index in [1.807, 2.05) is 52.8 Å². The summed E-state index contributed by atoms with van der Waals surface area (Å²) in [4.78, 5) is 32.4. The molecule has 2 atom stereocenters. The van der Waals surface area contributed by atoms with Crippen LogP contribution in [0.5, 0.6) is 0 Å². The van der Waals surface area contributed by atoms with Gasteiger partial charge in [0.25, 0.3) is 0 Å². The van der Waals surface area contributed by atoms with Gasteiger partial charge in [-0.1, -0.05) is 55.4 Å². The van der Waals surface area contributed by atoms with Crippen molar-refractivity contribution in [2.24, 2.45) is 11.8 Å². The highest BCUT2D eigenvalue weighted by molar-refractivity contribution is 7.99. The maximum absolute atomic E-state index is 13.2. The number of fused-ring (bicyclic) bond motifs is 1. The lowest BCUT2D eigenvalue weighted by atomic mass is 9.92. The van der Waals surface area contributed by atoms with Gasteiger partial charge in [-0.15, -0.1) is 0 Å². The van der Waals surface area contributed by atoms with Crippen LogP contribution in [0.2, 0.25) is 5.02 Å². The smallest absolute Gasteiger partial charge is 0.242 e. The number of nitrogens with one attached hydrogen (secondary N) is 1. The van der Waals surface area contributed by atoms with Gasteiger partial charge in [0, 0.05) is 23.8 Å². The Morgan fingerprint density at radius 2 is 1.88 bits per heavy atom. The Bertz CT molecular complexity index is 1170. The zero-order valence-corrected chi connectivity index (χ0v) is 20.7. The fraction of sp³-hybridized carbons (Fsp3) is 0.400. The number of para-hydroxylation sites is 2. The first kappa shape index (κ1) is 23.6. The van der Waals surface area contributed by atoms with Gasteiger partial charge in [0.2, 0.25) is 11.8 Å². The van der Waals surface area contributed by atoms with Gasteiger partial charge in [0.1, 0.15) is 6.54 Å². The third-order valence-corrected chi connectivity index (χ3v) is 7.31. The minimum absolute atomic E-state index is 0.0946. The predicted molar refractivity (Wildman–Crippen MR) is 135 cm³/mol. The second-order valence-corrected chi connectivity index (χ2v) is 10.4. The fourth-order valence-electron chi connectivity index (χ4n) is 4.42. The standard InChI is InChI=1S/C25H29ClN4O2S/c1-16-10-17(2)13-29(12-16)24(32)14-30-22-7-5-4-6-21(22)28-25(30)33-15-23(31)27-19-9-8-18(3)20(26)11-19/h4-9,11,16-17H,10,12-15H2,1-3H3,(H,27,31). The summed E-state index contributed by atoms with van der Waals surface area (Å²) in [6.07, 6.45) is 1.15. The zero-order valence-electron chi connectivity index (χ0n) is 19.2. The number of carbonyl (C=O) groups excluding carboxylic acids is 2. The van der Waals surface area contributed by atoms with Crippen molar-refractivity contribution in [3.8, 4) is 0 Å². The molecular formula is C25H29ClN4O2S. The SMILES string of the molecule is Cc1ccc(NC(=O)CSc2nc3ccccc3n2CC(=O)N2CC(C)CC(C)C2)cc1Cl. The van der Waals surface area contributed by atoms with E-state index in [1.54, 1.807) is 6.07 Å². The Kier molecular flexibility index (Phi) is 7.29. The minimum atomic E-state index is -0.150. The molecule has 8 heteroatoms. The van der Waals surface area contributed by atoms with Crippen molar-refractivity contribution >= 4 is 51.9 Å². The van der Waals surface area contributed by atoms with Crippen molar-refractivity contribution in [2.75, 3.05) is 24.2 Å². The molecule has 2 aromatic carbocycles. The van der Waals surface area contributed by atoms with E-state index < -0.39 is 0 Å². The van der Waals surface area contributed by atoms with Crippen LogP contribution >= 0.6 is 23.4 Å². The molecule has 0 radical (unpaired) electrons. The molecule has 2 amide bonds. The van der Waals surface area contributed by atoms with Crippen LogP contribution in [0.15, 0.2) is 47.6 Å². The Balaban J connectivity index is 1.48. The lowest BCUT2D eigenvalue weighted by molar-refractivity contribution is -0.134. The summed E-state index contributed by atoms with van der Waals surface area (Å²) in [7, 11) is 0.